The molecule has 15 heavy (non-hydrogen) atoms. The van der Waals surface area contributed by atoms with Crippen LogP contribution in [-0.2, 0) is 4.74 Å². The number of hydrogen-bond acceptors (Lipinski definition) is 4. The number of ether oxygens (including phenoxy) is 1. The predicted octanol–water partition coefficient (Wildman–Crippen LogP) is 1.75. The molecule has 0 radical (unpaired) electrons. The summed E-state index contributed by atoms with van der Waals surface area (Å²) in [6, 6.07) is 0. The van der Waals surface area contributed by atoms with E-state index >= 15 is 0 Å². The minimum atomic E-state index is -0.158. The molecule has 82 valence electrons. The van der Waals surface area contributed by atoms with Crippen LogP contribution in [0.2, 0.25) is 10.3 Å². The van der Waals surface area contributed by atoms with E-state index < -0.39 is 0 Å². The van der Waals surface area contributed by atoms with Crippen LogP contribution in [0.15, 0.2) is 0 Å². The van der Waals surface area contributed by atoms with Crippen molar-refractivity contribution in [3.8, 4) is 0 Å². The van der Waals surface area contributed by atoms with Crippen LogP contribution in [0, 0.1) is 6.92 Å². The number of nitrogens with one attached hydrogen (secondary N) is 1. The maximum Gasteiger partial charge on any atom is 0.161 e. The summed E-state index contributed by atoms with van der Waals surface area (Å²) in [6.45, 7) is 3.98. The predicted molar refractivity (Wildman–Crippen MR) is 58.4 cm³/mol. The van der Waals surface area contributed by atoms with Crippen LogP contribution in [-0.4, -0.2) is 29.7 Å². The molecule has 2 rings (SSSR count). The number of hydrogen-bond donors (Lipinski definition) is 1. The van der Waals surface area contributed by atoms with Crippen molar-refractivity contribution in [3.05, 3.63) is 21.7 Å². The van der Waals surface area contributed by atoms with E-state index in [-0.39, 0.29) is 6.10 Å². The van der Waals surface area contributed by atoms with Gasteiger partial charge in [-0.2, -0.15) is 0 Å². The summed E-state index contributed by atoms with van der Waals surface area (Å²) in [6.07, 6.45) is -0.158. The highest BCUT2D eigenvalue weighted by molar-refractivity contribution is 6.34. The minimum absolute atomic E-state index is 0.158. The third-order valence-electron chi connectivity index (χ3n) is 2.26. The number of nitrogens with zero attached hydrogens (tertiary/aromatic N) is 2. The molecule has 0 amide bonds. The van der Waals surface area contributed by atoms with E-state index in [4.69, 9.17) is 27.9 Å². The molecule has 1 aromatic heterocycles. The number of rotatable bonds is 1. The highest BCUT2D eigenvalue weighted by Crippen LogP contribution is 2.23. The van der Waals surface area contributed by atoms with Gasteiger partial charge in [-0.15, -0.1) is 0 Å². The van der Waals surface area contributed by atoms with Crippen LogP contribution in [0.5, 0.6) is 0 Å². The largest absolute Gasteiger partial charge is 0.368 e. The van der Waals surface area contributed by atoms with Gasteiger partial charge < -0.3 is 10.1 Å². The van der Waals surface area contributed by atoms with Gasteiger partial charge in [0.25, 0.3) is 0 Å². The van der Waals surface area contributed by atoms with Crippen molar-refractivity contribution in [1.82, 2.24) is 15.3 Å². The van der Waals surface area contributed by atoms with Crippen LogP contribution < -0.4 is 5.32 Å². The van der Waals surface area contributed by atoms with Crippen molar-refractivity contribution < 1.29 is 4.74 Å². The van der Waals surface area contributed by atoms with Gasteiger partial charge in [0.2, 0.25) is 0 Å². The summed E-state index contributed by atoms with van der Waals surface area (Å²) in [5.41, 5.74) is 0.700. The van der Waals surface area contributed by atoms with Gasteiger partial charge >= 0.3 is 0 Å². The van der Waals surface area contributed by atoms with Crippen LogP contribution in [0.1, 0.15) is 17.5 Å². The molecular weight excluding hydrogens is 237 g/mol. The molecule has 6 heteroatoms. The zero-order chi connectivity index (χ0) is 10.8. The highest BCUT2D eigenvalue weighted by Gasteiger charge is 2.20. The molecule has 1 aliphatic heterocycles. The lowest BCUT2D eigenvalue weighted by Gasteiger charge is -2.22. The first-order valence-electron chi connectivity index (χ1n) is 4.70. The normalized spacial score (nSPS) is 21.7. The fourth-order valence-electron chi connectivity index (χ4n) is 1.35. The van der Waals surface area contributed by atoms with Gasteiger partial charge in [-0.1, -0.05) is 23.2 Å². The van der Waals surface area contributed by atoms with Crippen LogP contribution in [0.4, 0.5) is 0 Å². The summed E-state index contributed by atoms with van der Waals surface area (Å²) in [5, 5.41) is 3.97. The Bertz CT molecular complexity index is 343. The molecule has 2 heterocycles. The molecule has 0 aromatic carbocycles. The monoisotopic (exact) mass is 247 g/mol. The lowest BCUT2D eigenvalue weighted by atomic mass is 10.3. The lowest BCUT2D eigenvalue weighted by molar-refractivity contribution is 0.0221. The molecule has 1 fully saturated rings. The molecule has 4 nitrogen and oxygen atoms in total. The van der Waals surface area contributed by atoms with E-state index in [1.807, 2.05) is 0 Å². The maximum atomic E-state index is 5.93. The quantitative estimate of drug-likeness (QED) is 0.769. The number of morpholine rings is 1. The van der Waals surface area contributed by atoms with Crippen LogP contribution in [0.25, 0.3) is 0 Å². The van der Waals surface area contributed by atoms with Crippen molar-refractivity contribution in [1.29, 1.82) is 0 Å². The fourth-order valence-corrected chi connectivity index (χ4v) is 1.75. The van der Waals surface area contributed by atoms with Crippen LogP contribution in [0.3, 0.4) is 0 Å². The summed E-state index contributed by atoms with van der Waals surface area (Å²) >= 11 is 11.9. The van der Waals surface area contributed by atoms with Gasteiger partial charge in [-0.3, -0.25) is 0 Å². The smallest absolute Gasteiger partial charge is 0.161 e. The number of halogens is 2. The first-order valence-corrected chi connectivity index (χ1v) is 5.46. The second-order valence-electron chi connectivity index (χ2n) is 3.35. The Labute approximate surface area is 98.0 Å². The topological polar surface area (TPSA) is 47.0 Å². The van der Waals surface area contributed by atoms with Gasteiger partial charge in [-0.05, 0) is 6.92 Å². The van der Waals surface area contributed by atoms with Gasteiger partial charge in [0, 0.05) is 18.7 Å². The SMILES string of the molecule is Cc1c(Cl)nc(C2CNCCO2)nc1Cl. The molecule has 1 saturated heterocycles. The summed E-state index contributed by atoms with van der Waals surface area (Å²) in [7, 11) is 0. The van der Waals surface area contributed by atoms with E-state index in [1.54, 1.807) is 6.92 Å². The molecule has 1 aromatic rings. The van der Waals surface area contributed by atoms with E-state index in [9.17, 15) is 0 Å². The molecule has 1 aliphatic rings. The van der Waals surface area contributed by atoms with Gasteiger partial charge in [-0.25, -0.2) is 9.97 Å². The zero-order valence-corrected chi connectivity index (χ0v) is 9.77. The maximum absolute atomic E-state index is 5.93. The molecule has 0 aliphatic carbocycles. The first-order chi connectivity index (χ1) is 7.18. The average Bonchev–Trinajstić information content (AvgIpc) is 2.26. The van der Waals surface area contributed by atoms with E-state index in [2.05, 4.69) is 15.3 Å². The van der Waals surface area contributed by atoms with Crippen molar-refractivity contribution in [2.75, 3.05) is 19.7 Å². The first kappa shape index (κ1) is 11.1. The van der Waals surface area contributed by atoms with E-state index in [0.29, 0.717) is 34.8 Å². The molecule has 1 atom stereocenters. The lowest BCUT2D eigenvalue weighted by Crippen LogP contribution is -2.34. The number of aromatic nitrogens is 2. The third kappa shape index (κ3) is 2.39. The third-order valence-corrected chi connectivity index (χ3v) is 3.00. The molecule has 1 unspecified atom stereocenters. The molecule has 0 bridgehead atoms. The molecular formula is C9H11Cl2N3O. The zero-order valence-electron chi connectivity index (χ0n) is 8.26. The Morgan fingerprint density at radius 3 is 2.53 bits per heavy atom. The van der Waals surface area contributed by atoms with Gasteiger partial charge in [0.1, 0.15) is 16.4 Å². The van der Waals surface area contributed by atoms with E-state index in [1.165, 1.54) is 0 Å². The van der Waals surface area contributed by atoms with Crippen molar-refractivity contribution in [2.45, 2.75) is 13.0 Å². The second-order valence-corrected chi connectivity index (χ2v) is 4.07. The molecule has 1 N–H and O–H groups in total. The summed E-state index contributed by atoms with van der Waals surface area (Å²) in [4.78, 5) is 8.32. The average molecular weight is 248 g/mol. The van der Waals surface area contributed by atoms with Gasteiger partial charge in [0.15, 0.2) is 5.82 Å². The Hall–Kier alpha value is -0.420. The Morgan fingerprint density at radius 2 is 2.00 bits per heavy atom. The van der Waals surface area contributed by atoms with Crippen molar-refractivity contribution >= 4 is 23.2 Å². The van der Waals surface area contributed by atoms with Crippen molar-refractivity contribution in [2.24, 2.45) is 0 Å². The Morgan fingerprint density at radius 1 is 1.33 bits per heavy atom. The molecule has 0 spiro atoms. The van der Waals surface area contributed by atoms with E-state index in [0.717, 1.165) is 6.54 Å². The minimum Gasteiger partial charge on any atom is -0.368 e. The van der Waals surface area contributed by atoms with Gasteiger partial charge in [0.05, 0.1) is 6.61 Å². The Balaban J connectivity index is 2.27. The highest BCUT2D eigenvalue weighted by atomic mass is 35.5. The van der Waals surface area contributed by atoms with Crippen molar-refractivity contribution in [3.63, 3.8) is 0 Å². The summed E-state index contributed by atoms with van der Waals surface area (Å²) < 4.78 is 5.51. The Kier molecular flexibility index (Phi) is 3.41. The fraction of sp³-hybridized carbons (Fsp3) is 0.556. The van der Waals surface area contributed by atoms with Crippen LogP contribution >= 0.6 is 23.2 Å². The molecule has 0 saturated carbocycles. The standard InChI is InChI=1S/C9H11Cl2N3O/c1-5-7(10)13-9(14-8(5)11)6-4-12-2-3-15-6/h6,12H,2-4H2,1H3. The second kappa shape index (κ2) is 4.61. The summed E-state index contributed by atoms with van der Waals surface area (Å²) in [5.74, 6) is 0.544.